The molecular weight excluding hydrogens is 365 g/mol. The van der Waals surface area contributed by atoms with Crippen molar-refractivity contribution in [3.05, 3.63) is 70.9 Å². The normalized spacial score (nSPS) is 21.2. The van der Waals surface area contributed by atoms with E-state index in [1.807, 2.05) is 32.0 Å². The van der Waals surface area contributed by atoms with Crippen molar-refractivity contribution in [2.24, 2.45) is 5.41 Å². The zero-order valence-corrected chi connectivity index (χ0v) is 15.7. The summed E-state index contributed by atoms with van der Waals surface area (Å²) in [6.07, 6.45) is -3.61. The third-order valence-corrected chi connectivity index (χ3v) is 5.30. The van der Waals surface area contributed by atoms with Gasteiger partial charge in [-0.05, 0) is 35.6 Å². The molecule has 0 amide bonds. The van der Waals surface area contributed by atoms with E-state index in [0.717, 1.165) is 11.8 Å². The van der Waals surface area contributed by atoms with Crippen molar-refractivity contribution < 1.29 is 18.0 Å². The van der Waals surface area contributed by atoms with Gasteiger partial charge in [-0.2, -0.15) is 13.2 Å². The van der Waals surface area contributed by atoms with Crippen LogP contribution in [0.1, 0.15) is 43.9 Å². The van der Waals surface area contributed by atoms with Crippen LogP contribution in [-0.2, 0) is 11.0 Å². The number of fused-ring (bicyclic) bond motifs is 1. The van der Waals surface area contributed by atoms with Crippen molar-refractivity contribution in [1.82, 2.24) is 0 Å². The molecule has 3 nitrogen and oxygen atoms in total. The van der Waals surface area contributed by atoms with Crippen LogP contribution in [-0.4, -0.2) is 5.78 Å². The van der Waals surface area contributed by atoms with Crippen LogP contribution in [0.25, 0.3) is 0 Å². The van der Waals surface area contributed by atoms with Crippen molar-refractivity contribution in [3.8, 4) is 0 Å². The molecule has 1 atom stereocenters. The zero-order valence-electron chi connectivity index (χ0n) is 15.7. The molecule has 1 aliphatic heterocycles. The number of halogens is 3. The van der Waals surface area contributed by atoms with Gasteiger partial charge in [0, 0.05) is 17.7 Å². The first-order valence-corrected chi connectivity index (χ1v) is 9.21. The molecule has 2 aliphatic rings. The predicted molar refractivity (Wildman–Crippen MR) is 103 cm³/mol. The minimum Gasteiger partial charge on any atom is -0.372 e. The van der Waals surface area contributed by atoms with Gasteiger partial charge in [0.2, 0.25) is 0 Å². The summed E-state index contributed by atoms with van der Waals surface area (Å²) < 4.78 is 41.1. The smallest absolute Gasteiger partial charge is 0.372 e. The number of carbonyl (C=O) groups is 1. The number of anilines is 2. The summed E-state index contributed by atoms with van der Waals surface area (Å²) in [4.78, 5) is 13.1. The summed E-state index contributed by atoms with van der Waals surface area (Å²) in [6, 6.07) is 11.9. The number of hydrogen-bond acceptors (Lipinski definition) is 3. The second-order valence-corrected chi connectivity index (χ2v) is 8.17. The molecule has 0 bridgehead atoms. The van der Waals surface area contributed by atoms with Crippen LogP contribution in [0.5, 0.6) is 0 Å². The molecule has 0 saturated heterocycles. The first-order chi connectivity index (χ1) is 13.2. The Morgan fingerprint density at radius 3 is 2.32 bits per heavy atom. The Morgan fingerprint density at radius 2 is 1.61 bits per heavy atom. The van der Waals surface area contributed by atoms with Crippen LogP contribution < -0.4 is 10.6 Å². The van der Waals surface area contributed by atoms with Gasteiger partial charge in [0.05, 0.1) is 23.0 Å². The first kappa shape index (κ1) is 18.6. The van der Waals surface area contributed by atoms with Gasteiger partial charge in [0.25, 0.3) is 0 Å². The fourth-order valence-electron chi connectivity index (χ4n) is 4.13. The molecule has 146 valence electrons. The highest BCUT2D eigenvalue weighted by Gasteiger charge is 2.42. The van der Waals surface area contributed by atoms with E-state index in [0.29, 0.717) is 29.8 Å². The van der Waals surface area contributed by atoms with E-state index in [2.05, 4.69) is 10.6 Å². The number of rotatable bonds is 1. The van der Waals surface area contributed by atoms with E-state index >= 15 is 0 Å². The quantitative estimate of drug-likeness (QED) is 0.638. The van der Waals surface area contributed by atoms with E-state index in [9.17, 15) is 18.0 Å². The van der Waals surface area contributed by atoms with Crippen LogP contribution in [0, 0.1) is 5.41 Å². The van der Waals surface area contributed by atoms with E-state index in [1.165, 1.54) is 12.1 Å². The third kappa shape index (κ3) is 3.28. The fourth-order valence-corrected chi connectivity index (χ4v) is 4.13. The van der Waals surface area contributed by atoms with Crippen molar-refractivity contribution in [2.45, 2.75) is 38.9 Å². The van der Waals surface area contributed by atoms with Gasteiger partial charge in [0.1, 0.15) is 0 Å². The topological polar surface area (TPSA) is 41.1 Å². The molecule has 2 aromatic rings. The van der Waals surface area contributed by atoms with Gasteiger partial charge >= 0.3 is 6.18 Å². The fraction of sp³-hybridized carbons (Fsp3) is 0.318. The summed E-state index contributed by atoms with van der Waals surface area (Å²) in [7, 11) is 0. The number of para-hydroxylation sites is 2. The maximum Gasteiger partial charge on any atom is 0.416 e. The van der Waals surface area contributed by atoms with Gasteiger partial charge in [0.15, 0.2) is 5.78 Å². The van der Waals surface area contributed by atoms with Gasteiger partial charge in [-0.3, -0.25) is 4.79 Å². The highest BCUT2D eigenvalue weighted by molar-refractivity contribution is 6.01. The minimum absolute atomic E-state index is 0.0639. The van der Waals surface area contributed by atoms with Crippen molar-refractivity contribution in [1.29, 1.82) is 0 Å². The van der Waals surface area contributed by atoms with Crippen molar-refractivity contribution >= 4 is 17.2 Å². The highest BCUT2D eigenvalue weighted by atomic mass is 19.4. The van der Waals surface area contributed by atoms with E-state index in [-0.39, 0.29) is 16.8 Å². The summed E-state index contributed by atoms with van der Waals surface area (Å²) >= 11 is 0. The molecular formula is C22H21F3N2O. The molecule has 0 radical (unpaired) electrons. The third-order valence-electron chi connectivity index (χ3n) is 5.30. The lowest BCUT2D eigenvalue weighted by Gasteiger charge is -2.34. The highest BCUT2D eigenvalue weighted by Crippen LogP contribution is 2.47. The number of benzene rings is 2. The Labute approximate surface area is 161 Å². The largest absolute Gasteiger partial charge is 0.416 e. The molecule has 6 heteroatoms. The number of alkyl halides is 3. The van der Waals surface area contributed by atoms with Crippen LogP contribution in [0.4, 0.5) is 24.5 Å². The molecule has 0 spiro atoms. The molecule has 0 fully saturated rings. The van der Waals surface area contributed by atoms with Crippen LogP contribution in [0.3, 0.4) is 0 Å². The van der Waals surface area contributed by atoms with Gasteiger partial charge in [-0.1, -0.05) is 44.2 Å². The second-order valence-electron chi connectivity index (χ2n) is 8.17. The molecule has 0 aromatic heterocycles. The van der Waals surface area contributed by atoms with Crippen molar-refractivity contribution in [3.63, 3.8) is 0 Å². The SMILES string of the molecule is CC1(C)CC(=O)C2=C(C1)Nc1ccccc1NC2c1ccccc1C(F)(F)F. The lowest BCUT2D eigenvalue weighted by atomic mass is 9.73. The van der Waals surface area contributed by atoms with Gasteiger partial charge in [-0.25, -0.2) is 0 Å². The summed E-state index contributed by atoms with van der Waals surface area (Å²) in [6.45, 7) is 4.00. The summed E-state index contributed by atoms with van der Waals surface area (Å²) in [5, 5.41) is 6.52. The molecule has 2 N–H and O–H groups in total. The summed E-state index contributed by atoms with van der Waals surface area (Å²) in [5.41, 5.74) is 1.60. The van der Waals surface area contributed by atoms with E-state index < -0.39 is 17.8 Å². The number of allylic oxidation sites excluding steroid dienone is 1. The molecule has 4 rings (SSSR count). The summed E-state index contributed by atoms with van der Waals surface area (Å²) in [5.74, 6) is -0.124. The maximum absolute atomic E-state index is 13.7. The van der Waals surface area contributed by atoms with Crippen LogP contribution in [0.15, 0.2) is 59.8 Å². The second kappa shape index (κ2) is 6.40. The number of hydrogen-bond donors (Lipinski definition) is 2. The minimum atomic E-state index is -4.50. The standard InChI is InChI=1S/C22H21F3N2O/c1-21(2)11-17-19(18(28)12-21)20(27-16-10-6-5-9-15(16)26-17)13-7-3-4-8-14(13)22(23,24)25/h3-10,20,26-27H,11-12H2,1-2H3. The predicted octanol–water partition coefficient (Wildman–Crippen LogP) is 5.93. The Morgan fingerprint density at radius 1 is 0.964 bits per heavy atom. The average molecular weight is 386 g/mol. The first-order valence-electron chi connectivity index (χ1n) is 9.21. The van der Waals surface area contributed by atoms with E-state index in [4.69, 9.17) is 0 Å². The molecule has 1 aliphatic carbocycles. The monoisotopic (exact) mass is 386 g/mol. The van der Waals surface area contributed by atoms with Gasteiger partial charge in [-0.15, -0.1) is 0 Å². The lowest BCUT2D eigenvalue weighted by molar-refractivity contribution is -0.138. The molecule has 1 unspecified atom stereocenters. The maximum atomic E-state index is 13.7. The van der Waals surface area contributed by atoms with Crippen LogP contribution >= 0.6 is 0 Å². The Hall–Kier alpha value is -2.76. The van der Waals surface area contributed by atoms with Crippen LogP contribution in [0.2, 0.25) is 0 Å². The molecule has 0 saturated carbocycles. The average Bonchev–Trinajstić information content (AvgIpc) is 2.76. The Bertz CT molecular complexity index is 976. The van der Waals surface area contributed by atoms with Crippen molar-refractivity contribution in [2.75, 3.05) is 10.6 Å². The molecule has 1 heterocycles. The van der Waals surface area contributed by atoms with Gasteiger partial charge < -0.3 is 10.6 Å². The number of nitrogens with one attached hydrogen (secondary N) is 2. The number of carbonyl (C=O) groups excluding carboxylic acids is 1. The number of Topliss-reactive ketones (excluding diaryl/α,β-unsaturated/α-hetero) is 1. The zero-order chi connectivity index (χ0) is 20.1. The molecule has 28 heavy (non-hydrogen) atoms. The lowest BCUT2D eigenvalue weighted by Crippen LogP contribution is -2.32. The number of ketones is 1. The Balaban J connectivity index is 1.94. The van der Waals surface area contributed by atoms with E-state index in [1.54, 1.807) is 12.1 Å². The molecule has 2 aromatic carbocycles. The Kier molecular flexibility index (Phi) is 4.25.